The molecule has 0 heterocycles. The number of halogens is 2. The standard InChI is InChI=1S/C9H6Cl2O3/c10-7-2-6(4-12)8(11)1-5(7)3-9(13)14/h1-2,4H,3H2,(H,13,14). The number of carbonyl (C=O) groups excluding carboxylic acids is 1. The van der Waals surface area contributed by atoms with Gasteiger partial charge in [0.2, 0.25) is 0 Å². The Bertz CT molecular complexity index is 388. The van der Waals surface area contributed by atoms with Gasteiger partial charge in [-0.05, 0) is 17.7 Å². The Kier molecular flexibility index (Phi) is 3.49. The van der Waals surface area contributed by atoms with E-state index in [1.165, 1.54) is 12.1 Å². The van der Waals surface area contributed by atoms with Crippen molar-refractivity contribution in [3.63, 3.8) is 0 Å². The molecule has 0 saturated heterocycles. The summed E-state index contributed by atoms with van der Waals surface area (Å²) in [5.74, 6) is -0.998. The summed E-state index contributed by atoms with van der Waals surface area (Å²) < 4.78 is 0. The van der Waals surface area contributed by atoms with Crippen LogP contribution in [-0.2, 0) is 11.2 Å². The number of aliphatic carboxylic acids is 1. The minimum Gasteiger partial charge on any atom is -0.481 e. The maximum Gasteiger partial charge on any atom is 0.307 e. The molecule has 14 heavy (non-hydrogen) atoms. The first-order valence-electron chi connectivity index (χ1n) is 3.69. The number of hydrogen-bond donors (Lipinski definition) is 1. The molecule has 0 saturated carbocycles. The molecule has 74 valence electrons. The monoisotopic (exact) mass is 232 g/mol. The van der Waals surface area contributed by atoms with Crippen molar-refractivity contribution in [1.82, 2.24) is 0 Å². The van der Waals surface area contributed by atoms with Crippen molar-refractivity contribution in [2.75, 3.05) is 0 Å². The zero-order valence-electron chi connectivity index (χ0n) is 6.96. The van der Waals surface area contributed by atoms with Gasteiger partial charge in [-0.2, -0.15) is 0 Å². The first kappa shape index (κ1) is 11.0. The molecule has 1 rings (SSSR count). The molecule has 0 aliphatic rings. The second-order valence-corrected chi connectivity index (χ2v) is 3.47. The average Bonchev–Trinajstić information content (AvgIpc) is 2.10. The van der Waals surface area contributed by atoms with Crippen LogP contribution in [0.25, 0.3) is 0 Å². The molecule has 3 nitrogen and oxygen atoms in total. The topological polar surface area (TPSA) is 54.4 Å². The highest BCUT2D eigenvalue weighted by molar-refractivity contribution is 6.35. The smallest absolute Gasteiger partial charge is 0.307 e. The van der Waals surface area contributed by atoms with E-state index >= 15 is 0 Å². The van der Waals surface area contributed by atoms with Gasteiger partial charge >= 0.3 is 5.97 Å². The normalized spacial score (nSPS) is 9.86. The van der Waals surface area contributed by atoms with Gasteiger partial charge in [0.05, 0.1) is 11.4 Å². The van der Waals surface area contributed by atoms with Gasteiger partial charge in [0.25, 0.3) is 0 Å². The molecule has 0 aromatic heterocycles. The summed E-state index contributed by atoms with van der Waals surface area (Å²) in [5.41, 5.74) is 0.653. The van der Waals surface area contributed by atoms with Crippen LogP contribution >= 0.6 is 23.2 Å². The molecule has 0 amide bonds. The quantitative estimate of drug-likeness (QED) is 0.815. The highest BCUT2D eigenvalue weighted by Gasteiger charge is 2.09. The molecule has 0 aliphatic heterocycles. The number of benzene rings is 1. The number of carboxylic acid groups (broad SMARTS) is 1. The predicted octanol–water partition coefficient (Wildman–Crippen LogP) is 2.43. The van der Waals surface area contributed by atoms with Gasteiger partial charge in [-0.15, -0.1) is 0 Å². The Hall–Kier alpha value is -1.06. The molecule has 0 aliphatic carbocycles. The van der Waals surface area contributed by atoms with Crippen LogP contribution < -0.4 is 0 Å². The van der Waals surface area contributed by atoms with Crippen LogP contribution in [0.2, 0.25) is 10.0 Å². The first-order valence-corrected chi connectivity index (χ1v) is 4.45. The maximum absolute atomic E-state index is 10.5. The molecule has 0 radical (unpaired) electrons. The van der Waals surface area contributed by atoms with E-state index in [9.17, 15) is 9.59 Å². The molecule has 1 aromatic rings. The van der Waals surface area contributed by atoms with Crippen LogP contribution in [0.4, 0.5) is 0 Å². The van der Waals surface area contributed by atoms with Crippen LogP contribution in [0.15, 0.2) is 12.1 Å². The Morgan fingerprint density at radius 2 is 2.00 bits per heavy atom. The van der Waals surface area contributed by atoms with Crippen molar-refractivity contribution in [3.8, 4) is 0 Å². The Balaban J connectivity index is 3.14. The van der Waals surface area contributed by atoms with Gasteiger partial charge in [-0.25, -0.2) is 0 Å². The summed E-state index contributed by atoms with van der Waals surface area (Å²) in [6.45, 7) is 0. The molecule has 1 N–H and O–H groups in total. The van der Waals surface area contributed by atoms with E-state index in [-0.39, 0.29) is 22.0 Å². The third-order valence-electron chi connectivity index (χ3n) is 1.63. The van der Waals surface area contributed by atoms with Crippen LogP contribution in [-0.4, -0.2) is 17.4 Å². The van der Waals surface area contributed by atoms with Crippen LogP contribution in [0.1, 0.15) is 15.9 Å². The summed E-state index contributed by atoms with van der Waals surface area (Å²) in [6.07, 6.45) is 0.358. The number of carbonyl (C=O) groups is 2. The maximum atomic E-state index is 10.5. The zero-order valence-corrected chi connectivity index (χ0v) is 8.47. The summed E-state index contributed by atoms with van der Waals surface area (Å²) >= 11 is 11.4. The van der Waals surface area contributed by atoms with Crippen molar-refractivity contribution in [2.24, 2.45) is 0 Å². The minimum atomic E-state index is -0.998. The van der Waals surface area contributed by atoms with E-state index in [2.05, 4.69) is 0 Å². The van der Waals surface area contributed by atoms with Gasteiger partial charge < -0.3 is 5.11 Å². The third kappa shape index (κ3) is 2.47. The van der Waals surface area contributed by atoms with E-state index in [4.69, 9.17) is 28.3 Å². The minimum absolute atomic E-state index is 0.209. The number of rotatable bonds is 3. The second kappa shape index (κ2) is 4.44. The molecule has 0 unspecified atom stereocenters. The lowest BCUT2D eigenvalue weighted by Crippen LogP contribution is -2.01. The third-order valence-corrected chi connectivity index (χ3v) is 2.31. The fourth-order valence-electron chi connectivity index (χ4n) is 0.992. The average molecular weight is 233 g/mol. The van der Waals surface area contributed by atoms with Gasteiger partial charge in [0.1, 0.15) is 0 Å². The molecule has 1 aromatic carbocycles. The van der Waals surface area contributed by atoms with Crippen molar-refractivity contribution in [2.45, 2.75) is 6.42 Å². The molecular formula is C9H6Cl2O3. The Labute approximate surface area is 90.3 Å². The Morgan fingerprint density at radius 3 is 2.50 bits per heavy atom. The van der Waals surface area contributed by atoms with E-state index in [1.807, 2.05) is 0 Å². The first-order chi connectivity index (χ1) is 6.54. The summed E-state index contributed by atoms with van der Waals surface area (Å²) in [4.78, 5) is 20.9. The van der Waals surface area contributed by atoms with Gasteiger partial charge in [-0.3, -0.25) is 9.59 Å². The molecular weight excluding hydrogens is 227 g/mol. The second-order valence-electron chi connectivity index (χ2n) is 2.65. The molecule has 5 heteroatoms. The highest BCUT2D eigenvalue weighted by Crippen LogP contribution is 2.24. The lowest BCUT2D eigenvalue weighted by atomic mass is 10.1. The SMILES string of the molecule is O=Cc1cc(Cl)c(CC(=O)O)cc1Cl. The van der Waals surface area contributed by atoms with E-state index < -0.39 is 5.97 Å². The largest absolute Gasteiger partial charge is 0.481 e. The lowest BCUT2D eigenvalue weighted by Gasteiger charge is -2.03. The molecule has 0 atom stereocenters. The zero-order chi connectivity index (χ0) is 10.7. The number of carboxylic acids is 1. The molecule has 0 bridgehead atoms. The Morgan fingerprint density at radius 1 is 1.36 bits per heavy atom. The molecule has 0 spiro atoms. The van der Waals surface area contributed by atoms with E-state index in [1.54, 1.807) is 0 Å². The predicted molar refractivity (Wildman–Crippen MR) is 53.2 cm³/mol. The van der Waals surface area contributed by atoms with Crippen LogP contribution in [0.3, 0.4) is 0 Å². The van der Waals surface area contributed by atoms with Gasteiger partial charge in [0.15, 0.2) is 6.29 Å². The van der Waals surface area contributed by atoms with Crippen molar-refractivity contribution in [1.29, 1.82) is 0 Å². The van der Waals surface area contributed by atoms with Crippen molar-refractivity contribution >= 4 is 35.5 Å². The molecule has 0 fully saturated rings. The summed E-state index contributed by atoms with van der Waals surface area (Å²) in [7, 11) is 0. The summed E-state index contributed by atoms with van der Waals surface area (Å²) in [6, 6.07) is 2.75. The number of hydrogen-bond acceptors (Lipinski definition) is 2. The fourth-order valence-corrected chi connectivity index (χ4v) is 1.46. The highest BCUT2D eigenvalue weighted by atomic mass is 35.5. The van der Waals surface area contributed by atoms with Crippen molar-refractivity contribution < 1.29 is 14.7 Å². The number of aldehydes is 1. The van der Waals surface area contributed by atoms with Gasteiger partial charge in [0, 0.05) is 10.6 Å². The van der Waals surface area contributed by atoms with Crippen LogP contribution in [0, 0.1) is 0 Å². The van der Waals surface area contributed by atoms with Crippen molar-refractivity contribution in [3.05, 3.63) is 33.3 Å². The summed E-state index contributed by atoms with van der Waals surface area (Å²) in [5, 5.41) is 8.98. The van der Waals surface area contributed by atoms with Gasteiger partial charge in [-0.1, -0.05) is 23.2 Å². The van der Waals surface area contributed by atoms with Crippen LogP contribution in [0.5, 0.6) is 0 Å². The fraction of sp³-hybridized carbons (Fsp3) is 0.111. The van der Waals surface area contributed by atoms with E-state index in [0.717, 1.165) is 0 Å². The lowest BCUT2D eigenvalue weighted by molar-refractivity contribution is -0.136. The van der Waals surface area contributed by atoms with E-state index in [0.29, 0.717) is 11.8 Å².